The average molecular weight is 473 g/mol. The molecule has 1 fully saturated rings. The SMILES string of the molecule is O=C(NN1C(=O)C2C=CC(Br)=CC2=NC1=S)C1CC(=O)N(Cc2ccccc2)C1. The minimum absolute atomic E-state index is 0.0214. The van der Waals surface area contributed by atoms with E-state index in [-0.39, 0.29) is 23.3 Å². The molecule has 9 heteroatoms. The number of rotatable bonds is 4. The molecule has 2 unspecified atom stereocenters. The van der Waals surface area contributed by atoms with Crippen LogP contribution in [0.4, 0.5) is 0 Å². The Balaban J connectivity index is 1.42. The molecule has 3 aliphatic rings. The molecule has 1 aromatic rings. The molecule has 1 aromatic carbocycles. The van der Waals surface area contributed by atoms with Crippen LogP contribution >= 0.6 is 28.1 Å². The highest BCUT2D eigenvalue weighted by molar-refractivity contribution is 9.11. The first-order chi connectivity index (χ1) is 13.9. The smallest absolute Gasteiger partial charge is 0.260 e. The van der Waals surface area contributed by atoms with Gasteiger partial charge in [-0.3, -0.25) is 19.8 Å². The van der Waals surface area contributed by atoms with Gasteiger partial charge in [0.1, 0.15) is 5.92 Å². The zero-order chi connectivity index (χ0) is 20.5. The number of nitrogens with zero attached hydrogens (tertiary/aromatic N) is 3. The number of allylic oxidation sites excluding steroid dienone is 3. The van der Waals surface area contributed by atoms with E-state index in [0.29, 0.717) is 18.8 Å². The van der Waals surface area contributed by atoms with Crippen LogP contribution in [0.2, 0.25) is 0 Å². The number of thiocarbonyl (C=S) groups is 1. The molecule has 0 saturated carbocycles. The van der Waals surface area contributed by atoms with Gasteiger partial charge in [-0.1, -0.05) is 58.4 Å². The molecule has 0 radical (unpaired) electrons. The van der Waals surface area contributed by atoms with E-state index in [1.807, 2.05) is 30.3 Å². The van der Waals surface area contributed by atoms with Gasteiger partial charge in [-0.2, -0.15) is 5.01 Å². The molecular weight excluding hydrogens is 456 g/mol. The van der Waals surface area contributed by atoms with Crippen molar-refractivity contribution in [1.29, 1.82) is 0 Å². The molecule has 4 rings (SSSR count). The van der Waals surface area contributed by atoms with Gasteiger partial charge in [0, 0.05) is 24.0 Å². The Morgan fingerprint density at radius 3 is 2.79 bits per heavy atom. The Kier molecular flexibility index (Phi) is 5.42. The molecule has 1 aliphatic carbocycles. The summed E-state index contributed by atoms with van der Waals surface area (Å²) >= 11 is 8.54. The van der Waals surface area contributed by atoms with Gasteiger partial charge in [-0.25, -0.2) is 4.99 Å². The van der Waals surface area contributed by atoms with Crippen LogP contribution in [0.3, 0.4) is 0 Å². The lowest BCUT2D eigenvalue weighted by atomic mass is 9.96. The zero-order valence-electron chi connectivity index (χ0n) is 15.2. The molecule has 3 amide bonds. The van der Waals surface area contributed by atoms with Crippen LogP contribution in [0.1, 0.15) is 12.0 Å². The highest BCUT2D eigenvalue weighted by atomic mass is 79.9. The summed E-state index contributed by atoms with van der Waals surface area (Å²) in [6.07, 6.45) is 5.28. The lowest BCUT2D eigenvalue weighted by molar-refractivity contribution is -0.139. The summed E-state index contributed by atoms with van der Waals surface area (Å²) in [5.74, 6) is -2.02. The van der Waals surface area contributed by atoms with Crippen LogP contribution in [0.25, 0.3) is 0 Å². The monoisotopic (exact) mass is 472 g/mol. The number of fused-ring (bicyclic) bond motifs is 1. The number of hydrogen-bond donors (Lipinski definition) is 1. The van der Waals surface area contributed by atoms with Crippen molar-refractivity contribution in [2.24, 2.45) is 16.8 Å². The summed E-state index contributed by atoms with van der Waals surface area (Å²) in [5.41, 5.74) is 4.09. The van der Waals surface area contributed by atoms with Gasteiger partial charge < -0.3 is 4.90 Å². The zero-order valence-corrected chi connectivity index (χ0v) is 17.6. The normalized spacial score (nSPS) is 23.7. The van der Waals surface area contributed by atoms with E-state index in [1.54, 1.807) is 23.1 Å². The first-order valence-corrected chi connectivity index (χ1v) is 10.3. The number of nitrogens with one attached hydrogen (secondary N) is 1. The van der Waals surface area contributed by atoms with Crippen molar-refractivity contribution < 1.29 is 14.4 Å². The van der Waals surface area contributed by atoms with Crippen molar-refractivity contribution in [2.45, 2.75) is 13.0 Å². The molecule has 2 aliphatic heterocycles. The lowest BCUT2D eigenvalue weighted by Crippen LogP contribution is -2.56. The second-order valence-electron chi connectivity index (χ2n) is 7.00. The van der Waals surface area contributed by atoms with E-state index >= 15 is 0 Å². The molecule has 1 saturated heterocycles. The van der Waals surface area contributed by atoms with E-state index < -0.39 is 17.7 Å². The molecule has 7 nitrogen and oxygen atoms in total. The Morgan fingerprint density at radius 2 is 2.03 bits per heavy atom. The largest absolute Gasteiger partial charge is 0.338 e. The number of aliphatic imine (C=N–C) groups is 1. The third-order valence-corrected chi connectivity index (χ3v) is 5.75. The number of likely N-dealkylation sites (tertiary alicyclic amines) is 1. The fourth-order valence-electron chi connectivity index (χ4n) is 3.48. The number of hydrazine groups is 1. The second kappa shape index (κ2) is 8.00. The third kappa shape index (κ3) is 4.06. The van der Waals surface area contributed by atoms with E-state index in [1.165, 1.54) is 0 Å². The van der Waals surface area contributed by atoms with Crippen LogP contribution in [0.15, 0.2) is 58.0 Å². The number of halogens is 1. The first-order valence-electron chi connectivity index (χ1n) is 9.06. The number of amides is 3. The van der Waals surface area contributed by atoms with Crippen LogP contribution in [0, 0.1) is 11.8 Å². The molecule has 2 atom stereocenters. The molecule has 0 spiro atoms. The number of carbonyl (C=O) groups excluding carboxylic acids is 3. The Bertz CT molecular complexity index is 989. The predicted molar refractivity (Wildman–Crippen MR) is 115 cm³/mol. The fraction of sp³-hybridized carbons (Fsp3) is 0.250. The van der Waals surface area contributed by atoms with Crippen molar-refractivity contribution >= 4 is 56.7 Å². The standard InChI is InChI=1S/C20H17BrN4O3S/c21-14-6-7-15-16(9-14)22-20(29)25(19(15)28)23-18(27)13-8-17(26)24(11-13)10-12-4-2-1-3-5-12/h1-7,9,13,15H,8,10-11H2,(H,23,27). The summed E-state index contributed by atoms with van der Waals surface area (Å²) in [5, 5.41) is 0.986. The van der Waals surface area contributed by atoms with E-state index in [0.717, 1.165) is 15.1 Å². The van der Waals surface area contributed by atoms with Gasteiger partial charge in [-0.15, -0.1) is 0 Å². The summed E-state index contributed by atoms with van der Waals surface area (Å²) in [6.45, 7) is 0.744. The van der Waals surface area contributed by atoms with Crippen LogP contribution in [0.5, 0.6) is 0 Å². The van der Waals surface area contributed by atoms with E-state index in [2.05, 4.69) is 26.3 Å². The molecule has 0 aromatic heterocycles. The highest BCUT2D eigenvalue weighted by Crippen LogP contribution is 2.25. The van der Waals surface area contributed by atoms with Gasteiger partial charge in [0.25, 0.3) is 5.91 Å². The van der Waals surface area contributed by atoms with Crippen molar-refractivity contribution in [3.05, 3.63) is 58.6 Å². The minimum Gasteiger partial charge on any atom is -0.338 e. The molecule has 2 heterocycles. The molecule has 29 heavy (non-hydrogen) atoms. The summed E-state index contributed by atoms with van der Waals surface area (Å²) in [7, 11) is 0. The Labute approximate surface area is 181 Å². The highest BCUT2D eigenvalue weighted by Gasteiger charge is 2.39. The summed E-state index contributed by atoms with van der Waals surface area (Å²) in [4.78, 5) is 43.7. The quantitative estimate of drug-likeness (QED) is 0.680. The first kappa shape index (κ1) is 19.7. The van der Waals surface area contributed by atoms with E-state index in [9.17, 15) is 14.4 Å². The van der Waals surface area contributed by atoms with Gasteiger partial charge in [0.15, 0.2) is 0 Å². The topological polar surface area (TPSA) is 82.1 Å². The number of carbonyl (C=O) groups is 3. The molecule has 0 bridgehead atoms. The van der Waals surface area contributed by atoms with Crippen molar-refractivity contribution in [2.75, 3.05) is 6.54 Å². The Morgan fingerprint density at radius 1 is 1.28 bits per heavy atom. The third-order valence-electron chi connectivity index (χ3n) is 4.98. The van der Waals surface area contributed by atoms with Gasteiger partial charge in [0.2, 0.25) is 16.9 Å². The van der Waals surface area contributed by atoms with Crippen molar-refractivity contribution in [1.82, 2.24) is 15.3 Å². The summed E-state index contributed by atoms with van der Waals surface area (Å²) in [6, 6.07) is 9.60. The van der Waals surface area contributed by atoms with Gasteiger partial charge >= 0.3 is 0 Å². The molecule has 1 N–H and O–H groups in total. The predicted octanol–water partition coefficient (Wildman–Crippen LogP) is 2.10. The van der Waals surface area contributed by atoms with Gasteiger partial charge in [0.05, 0.1) is 11.6 Å². The molecule has 148 valence electrons. The maximum atomic E-state index is 12.8. The van der Waals surface area contributed by atoms with Crippen molar-refractivity contribution in [3.63, 3.8) is 0 Å². The van der Waals surface area contributed by atoms with Crippen LogP contribution in [-0.2, 0) is 20.9 Å². The summed E-state index contributed by atoms with van der Waals surface area (Å²) < 4.78 is 0.795. The minimum atomic E-state index is -0.594. The van der Waals surface area contributed by atoms with Crippen molar-refractivity contribution in [3.8, 4) is 0 Å². The maximum Gasteiger partial charge on any atom is 0.260 e. The Hall–Kier alpha value is -2.65. The second-order valence-corrected chi connectivity index (χ2v) is 8.28. The van der Waals surface area contributed by atoms with Crippen LogP contribution < -0.4 is 5.43 Å². The van der Waals surface area contributed by atoms with E-state index in [4.69, 9.17) is 12.2 Å². The maximum absolute atomic E-state index is 12.8. The average Bonchev–Trinajstić information content (AvgIpc) is 3.06. The molecular formula is C20H17BrN4O3S. The van der Waals surface area contributed by atoms with Gasteiger partial charge in [-0.05, 0) is 23.9 Å². The number of benzene rings is 1. The lowest BCUT2D eigenvalue weighted by Gasteiger charge is -2.31. The van der Waals surface area contributed by atoms with Crippen LogP contribution in [-0.4, -0.2) is 45.0 Å². The number of hydrogen-bond acceptors (Lipinski definition) is 4. The fourth-order valence-corrected chi connectivity index (χ4v) is 4.11.